The third-order valence-electron chi connectivity index (χ3n) is 5.26. The lowest BCUT2D eigenvalue weighted by Crippen LogP contribution is -2.48. The van der Waals surface area contributed by atoms with Crippen molar-refractivity contribution in [2.24, 2.45) is 13.0 Å². The van der Waals surface area contributed by atoms with Gasteiger partial charge in [0.05, 0.1) is 5.41 Å². The van der Waals surface area contributed by atoms with Crippen molar-refractivity contribution in [2.75, 3.05) is 38.1 Å². The summed E-state index contributed by atoms with van der Waals surface area (Å²) in [5, 5.41) is 16.0. The second kappa shape index (κ2) is 5.26. The number of aryl methyl sites for hydroxylation is 2. The van der Waals surface area contributed by atoms with Crippen molar-refractivity contribution in [3.8, 4) is 0 Å². The number of tetrazole rings is 1. The van der Waals surface area contributed by atoms with Gasteiger partial charge in [-0.1, -0.05) is 17.2 Å². The normalized spacial score (nSPS) is 28.3. The van der Waals surface area contributed by atoms with Crippen LogP contribution < -0.4 is 4.90 Å². The highest BCUT2D eigenvalue weighted by Gasteiger charge is 2.54. The second-order valence-electron chi connectivity index (χ2n) is 6.72. The lowest BCUT2D eigenvalue weighted by molar-refractivity contribution is 0.118. The molecule has 2 saturated heterocycles. The Morgan fingerprint density at radius 3 is 2.87 bits per heavy atom. The molecule has 9 heteroatoms. The van der Waals surface area contributed by atoms with Gasteiger partial charge in [0.15, 0.2) is 5.82 Å². The van der Waals surface area contributed by atoms with Gasteiger partial charge >= 0.3 is 0 Å². The molecule has 0 saturated carbocycles. The molecule has 0 unspecified atom stereocenters. The van der Waals surface area contributed by atoms with Gasteiger partial charge in [0, 0.05) is 39.0 Å². The van der Waals surface area contributed by atoms with E-state index in [9.17, 15) is 0 Å². The van der Waals surface area contributed by atoms with E-state index in [1.54, 1.807) is 4.68 Å². The minimum absolute atomic E-state index is 0.0983. The van der Waals surface area contributed by atoms with Crippen LogP contribution in [0.3, 0.4) is 0 Å². The van der Waals surface area contributed by atoms with Crippen LogP contribution >= 0.6 is 0 Å². The Morgan fingerprint density at radius 2 is 2.17 bits per heavy atom. The summed E-state index contributed by atoms with van der Waals surface area (Å²) in [6, 6.07) is 0. The van der Waals surface area contributed by atoms with E-state index in [2.05, 4.69) is 42.5 Å². The highest BCUT2D eigenvalue weighted by atomic mass is 16.5. The second-order valence-corrected chi connectivity index (χ2v) is 6.72. The van der Waals surface area contributed by atoms with Crippen LogP contribution in [0.4, 0.5) is 5.95 Å². The third kappa shape index (κ3) is 2.21. The highest BCUT2D eigenvalue weighted by Crippen LogP contribution is 2.45. The van der Waals surface area contributed by atoms with Gasteiger partial charge in [0.2, 0.25) is 11.8 Å². The van der Waals surface area contributed by atoms with Crippen molar-refractivity contribution in [3.63, 3.8) is 0 Å². The molecule has 2 aliphatic heterocycles. The van der Waals surface area contributed by atoms with Gasteiger partial charge < -0.3 is 14.3 Å². The maximum Gasteiger partial charge on any atom is 0.245 e. The number of hydrogen-bond donors (Lipinski definition) is 0. The van der Waals surface area contributed by atoms with Crippen molar-refractivity contribution in [2.45, 2.75) is 25.2 Å². The summed E-state index contributed by atoms with van der Waals surface area (Å²) in [5.41, 5.74) is -0.0983. The predicted octanol–water partition coefficient (Wildman–Crippen LogP) is -0.135. The maximum atomic E-state index is 5.67. The molecule has 4 heterocycles. The van der Waals surface area contributed by atoms with Gasteiger partial charge in [-0.2, -0.15) is 4.98 Å². The fraction of sp³-hybridized carbons (Fsp3) is 0.786. The number of likely N-dealkylation sites (tertiary alicyclic amines) is 1. The summed E-state index contributed by atoms with van der Waals surface area (Å²) in [6.07, 6.45) is 1.81. The molecule has 9 nitrogen and oxygen atoms in total. The topological polar surface area (TPSA) is 89.0 Å². The number of aromatic nitrogens is 6. The molecule has 0 amide bonds. The molecule has 2 aromatic heterocycles. The zero-order chi connectivity index (χ0) is 16.0. The first-order chi connectivity index (χ1) is 11.1. The van der Waals surface area contributed by atoms with Crippen molar-refractivity contribution >= 4 is 5.95 Å². The summed E-state index contributed by atoms with van der Waals surface area (Å²) in [7, 11) is 4.04. The molecule has 2 aromatic rings. The molecule has 124 valence electrons. The Morgan fingerprint density at radius 1 is 1.30 bits per heavy atom. The fourth-order valence-electron chi connectivity index (χ4n) is 3.94. The maximum absolute atomic E-state index is 5.67. The average molecular weight is 318 g/mol. The SMILES string of the molecule is CCc1noc([C@@]23CCN(C)C[C@@H]2CN(c2nnnn2C)C3)n1. The molecule has 4 rings (SSSR count). The number of anilines is 1. The first kappa shape index (κ1) is 14.6. The van der Waals surface area contributed by atoms with Crippen LogP contribution in [-0.4, -0.2) is 68.5 Å². The van der Waals surface area contributed by atoms with E-state index >= 15 is 0 Å². The first-order valence-corrected chi connectivity index (χ1v) is 8.11. The molecule has 0 spiro atoms. The van der Waals surface area contributed by atoms with Gasteiger partial charge in [-0.05, 0) is 30.4 Å². The van der Waals surface area contributed by atoms with E-state index in [1.165, 1.54) is 0 Å². The third-order valence-corrected chi connectivity index (χ3v) is 5.26. The van der Waals surface area contributed by atoms with Crippen LogP contribution in [0.1, 0.15) is 25.1 Å². The van der Waals surface area contributed by atoms with Crippen LogP contribution in [0.15, 0.2) is 4.52 Å². The molecule has 2 atom stereocenters. The molecule has 2 aliphatic rings. The molecule has 0 aromatic carbocycles. The van der Waals surface area contributed by atoms with Crippen LogP contribution in [0.5, 0.6) is 0 Å². The van der Waals surface area contributed by atoms with Crippen LogP contribution in [0.25, 0.3) is 0 Å². The van der Waals surface area contributed by atoms with Crippen molar-refractivity contribution in [3.05, 3.63) is 11.7 Å². The van der Waals surface area contributed by atoms with Gasteiger partial charge in [-0.25, -0.2) is 4.68 Å². The van der Waals surface area contributed by atoms with E-state index in [4.69, 9.17) is 4.52 Å². The van der Waals surface area contributed by atoms with E-state index in [0.717, 1.165) is 56.7 Å². The monoisotopic (exact) mass is 318 g/mol. The molecule has 0 radical (unpaired) electrons. The van der Waals surface area contributed by atoms with Crippen LogP contribution in [0, 0.1) is 5.92 Å². The lowest BCUT2D eigenvalue weighted by atomic mass is 9.72. The Kier molecular flexibility index (Phi) is 3.33. The van der Waals surface area contributed by atoms with E-state index in [0.29, 0.717) is 5.92 Å². The number of hydrogen-bond acceptors (Lipinski definition) is 8. The zero-order valence-corrected chi connectivity index (χ0v) is 13.8. The zero-order valence-electron chi connectivity index (χ0n) is 13.8. The Bertz CT molecular complexity index is 697. The molecule has 2 fully saturated rings. The van der Waals surface area contributed by atoms with Crippen molar-refractivity contribution < 1.29 is 4.52 Å². The van der Waals surface area contributed by atoms with Crippen LogP contribution in [-0.2, 0) is 18.9 Å². The molecule has 0 bridgehead atoms. The highest BCUT2D eigenvalue weighted by molar-refractivity contribution is 5.36. The summed E-state index contributed by atoms with van der Waals surface area (Å²) in [6.45, 7) is 5.83. The molecule has 0 N–H and O–H groups in total. The van der Waals surface area contributed by atoms with Crippen LogP contribution in [0.2, 0.25) is 0 Å². The van der Waals surface area contributed by atoms with E-state index in [-0.39, 0.29) is 5.41 Å². The molecular formula is C14H22N8O. The van der Waals surface area contributed by atoms with Crippen molar-refractivity contribution in [1.82, 2.24) is 35.2 Å². The summed E-state index contributed by atoms with van der Waals surface area (Å²) < 4.78 is 7.39. The average Bonchev–Trinajstić information content (AvgIpc) is 3.24. The number of rotatable bonds is 3. The summed E-state index contributed by atoms with van der Waals surface area (Å²) >= 11 is 0. The van der Waals surface area contributed by atoms with Gasteiger partial charge in [-0.15, -0.1) is 0 Å². The van der Waals surface area contributed by atoms with Gasteiger partial charge in [0.25, 0.3) is 0 Å². The summed E-state index contributed by atoms with van der Waals surface area (Å²) in [4.78, 5) is 9.29. The number of fused-ring (bicyclic) bond motifs is 1. The van der Waals surface area contributed by atoms with E-state index in [1.807, 2.05) is 14.0 Å². The van der Waals surface area contributed by atoms with Crippen molar-refractivity contribution in [1.29, 1.82) is 0 Å². The number of nitrogens with zero attached hydrogens (tertiary/aromatic N) is 8. The van der Waals surface area contributed by atoms with E-state index < -0.39 is 0 Å². The smallest absolute Gasteiger partial charge is 0.245 e. The lowest BCUT2D eigenvalue weighted by Gasteiger charge is -2.39. The fourth-order valence-corrected chi connectivity index (χ4v) is 3.94. The Labute approximate surface area is 134 Å². The largest absolute Gasteiger partial charge is 0.339 e. The predicted molar refractivity (Wildman–Crippen MR) is 82.0 cm³/mol. The quantitative estimate of drug-likeness (QED) is 0.773. The Balaban J connectivity index is 1.71. The standard InChI is InChI=1S/C14H22N8O/c1-4-11-15-12(23-17-11)14-5-6-20(2)7-10(14)8-22(9-14)13-16-18-19-21(13)3/h10H,4-9H2,1-3H3/t10-,14-/m1/s1. The molecule has 23 heavy (non-hydrogen) atoms. The van der Waals surface area contributed by atoms with Gasteiger partial charge in [-0.3, -0.25) is 0 Å². The minimum Gasteiger partial charge on any atom is -0.339 e. The summed E-state index contributed by atoms with van der Waals surface area (Å²) in [5.74, 6) is 2.80. The number of piperidine rings is 1. The minimum atomic E-state index is -0.0983. The first-order valence-electron chi connectivity index (χ1n) is 8.11. The molecular weight excluding hydrogens is 296 g/mol. The van der Waals surface area contributed by atoms with Gasteiger partial charge in [0.1, 0.15) is 0 Å². The molecule has 0 aliphatic carbocycles. The Hall–Kier alpha value is -2.03.